The molecule has 0 saturated carbocycles. The normalized spacial score (nSPS) is 13.0. The van der Waals surface area contributed by atoms with Crippen LogP contribution in [0.5, 0.6) is 0 Å². The Morgan fingerprint density at radius 1 is 1.60 bits per heavy atom. The molecule has 0 saturated heterocycles. The molecule has 0 aromatic carbocycles. The number of aliphatic hydroxyl groups is 1. The van der Waals surface area contributed by atoms with Gasteiger partial charge in [-0.15, -0.1) is 6.58 Å². The van der Waals surface area contributed by atoms with E-state index in [1.54, 1.807) is 6.08 Å². The lowest BCUT2D eigenvalue weighted by molar-refractivity contribution is -0.243. The number of hydrogen-bond acceptors (Lipinski definition) is 3. The molecule has 0 fully saturated rings. The third-order valence-electron chi connectivity index (χ3n) is 1.21. The molecule has 0 bridgehead atoms. The van der Waals surface area contributed by atoms with Crippen LogP contribution in [0.15, 0.2) is 12.7 Å². The summed E-state index contributed by atoms with van der Waals surface area (Å²) >= 11 is 0. The third kappa shape index (κ3) is 5.75. The highest BCUT2D eigenvalue weighted by atomic mass is 17.1. The predicted octanol–water partition coefficient (Wildman–Crippen LogP) is 1.19. The first-order chi connectivity index (χ1) is 4.81. The molecule has 0 aromatic rings. The Morgan fingerprint density at radius 2 is 2.30 bits per heavy atom. The summed E-state index contributed by atoms with van der Waals surface area (Å²) in [5, 5.41) is 17.0. The molecule has 60 valence electrons. The summed E-state index contributed by atoms with van der Waals surface area (Å²) in [7, 11) is 0. The lowest BCUT2D eigenvalue weighted by Gasteiger charge is -2.05. The molecule has 0 heterocycles. The van der Waals surface area contributed by atoms with Crippen molar-refractivity contribution < 1.29 is 15.3 Å². The lowest BCUT2D eigenvalue weighted by atomic mass is 10.1. The zero-order valence-electron chi connectivity index (χ0n) is 5.99. The van der Waals surface area contributed by atoms with Gasteiger partial charge in [0.25, 0.3) is 0 Å². The molecule has 0 rings (SSSR count). The first kappa shape index (κ1) is 9.62. The highest BCUT2D eigenvalue weighted by Gasteiger charge is 1.99. The van der Waals surface area contributed by atoms with Gasteiger partial charge in [-0.1, -0.05) is 6.08 Å². The van der Waals surface area contributed by atoms with Crippen LogP contribution >= 0.6 is 0 Å². The molecule has 1 atom stereocenters. The quantitative estimate of drug-likeness (QED) is 0.256. The summed E-state index contributed by atoms with van der Waals surface area (Å²) in [5.41, 5.74) is 0. The van der Waals surface area contributed by atoms with Crippen LogP contribution in [0, 0.1) is 0 Å². The maximum absolute atomic E-state index is 9.07. The molecule has 3 heteroatoms. The summed E-state index contributed by atoms with van der Waals surface area (Å²) in [6.07, 6.45) is 3.25. The Hall–Kier alpha value is -0.380. The second kappa shape index (κ2) is 6.74. The van der Waals surface area contributed by atoms with Gasteiger partial charge in [-0.2, -0.15) is 0 Å². The van der Waals surface area contributed by atoms with Gasteiger partial charge in [0, 0.05) is 0 Å². The van der Waals surface area contributed by atoms with Gasteiger partial charge in [0.15, 0.2) is 0 Å². The van der Waals surface area contributed by atoms with E-state index in [1.165, 1.54) is 0 Å². The Balaban J connectivity index is 3.04. The highest BCUT2D eigenvalue weighted by Crippen LogP contribution is 2.01. The van der Waals surface area contributed by atoms with Crippen molar-refractivity contribution in [2.45, 2.75) is 25.4 Å². The van der Waals surface area contributed by atoms with Crippen molar-refractivity contribution in [1.29, 1.82) is 0 Å². The van der Waals surface area contributed by atoms with Crippen molar-refractivity contribution in [2.75, 3.05) is 6.61 Å². The summed E-state index contributed by atoms with van der Waals surface area (Å²) < 4.78 is 0. The zero-order chi connectivity index (χ0) is 7.82. The van der Waals surface area contributed by atoms with Crippen LogP contribution in [-0.2, 0) is 4.89 Å². The SMILES string of the molecule is C=CCC(O)CCCOO. The van der Waals surface area contributed by atoms with Gasteiger partial charge in [0.2, 0.25) is 0 Å². The van der Waals surface area contributed by atoms with E-state index in [1.807, 2.05) is 0 Å². The van der Waals surface area contributed by atoms with Gasteiger partial charge in [-0.3, -0.25) is 5.26 Å². The second-order valence-corrected chi connectivity index (χ2v) is 2.15. The molecule has 10 heavy (non-hydrogen) atoms. The van der Waals surface area contributed by atoms with Crippen LogP contribution in [0.4, 0.5) is 0 Å². The molecular weight excluding hydrogens is 132 g/mol. The van der Waals surface area contributed by atoms with E-state index >= 15 is 0 Å². The van der Waals surface area contributed by atoms with Crippen molar-refractivity contribution >= 4 is 0 Å². The minimum atomic E-state index is -0.340. The van der Waals surface area contributed by atoms with Crippen molar-refractivity contribution in [3.63, 3.8) is 0 Å². The van der Waals surface area contributed by atoms with E-state index in [0.29, 0.717) is 19.3 Å². The largest absolute Gasteiger partial charge is 0.393 e. The first-order valence-electron chi connectivity index (χ1n) is 3.36. The fourth-order valence-electron chi connectivity index (χ4n) is 0.694. The molecule has 0 aliphatic carbocycles. The van der Waals surface area contributed by atoms with Crippen LogP contribution in [0.25, 0.3) is 0 Å². The smallest absolute Gasteiger partial charge is 0.0820 e. The third-order valence-corrected chi connectivity index (χ3v) is 1.21. The van der Waals surface area contributed by atoms with Gasteiger partial charge < -0.3 is 5.11 Å². The van der Waals surface area contributed by atoms with Crippen LogP contribution in [-0.4, -0.2) is 23.1 Å². The molecule has 0 aliphatic rings. The summed E-state index contributed by atoms with van der Waals surface area (Å²) in [6, 6.07) is 0. The van der Waals surface area contributed by atoms with Crippen molar-refractivity contribution in [3.05, 3.63) is 12.7 Å². The average molecular weight is 146 g/mol. The summed E-state index contributed by atoms with van der Waals surface area (Å²) in [4.78, 5) is 3.83. The van der Waals surface area contributed by atoms with Gasteiger partial charge in [-0.05, 0) is 19.3 Å². The second-order valence-electron chi connectivity index (χ2n) is 2.15. The molecule has 0 amide bonds. The number of rotatable bonds is 6. The lowest BCUT2D eigenvalue weighted by Crippen LogP contribution is -2.05. The summed E-state index contributed by atoms with van der Waals surface area (Å²) in [5.74, 6) is 0. The maximum Gasteiger partial charge on any atom is 0.0820 e. The van der Waals surface area contributed by atoms with Crippen LogP contribution < -0.4 is 0 Å². The van der Waals surface area contributed by atoms with Crippen LogP contribution in [0.1, 0.15) is 19.3 Å². The average Bonchev–Trinajstić information content (AvgIpc) is 1.89. The topological polar surface area (TPSA) is 49.7 Å². The van der Waals surface area contributed by atoms with Crippen molar-refractivity contribution in [1.82, 2.24) is 0 Å². The molecule has 3 nitrogen and oxygen atoms in total. The number of aliphatic hydroxyl groups excluding tert-OH is 1. The standard InChI is InChI=1S/C7H14O3/c1-2-4-7(8)5-3-6-10-9/h2,7-9H,1,3-6H2. The predicted molar refractivity (Wildman–Crippen MR) is 38.6 cm³/mol. The van der Waals surface area contributed by atoms with E-state index in [-0.39, 0.29) is 12.7 Å². The van der Waals surface area contributed by atoms with Gasteiger partial charge in [0.05, 0.1) is 12.7 Å². The van der Waals surface area contributed by atoms with Crippen LogP contribution in [0.3, 0.4) is 0 Å². The van der Waals surface area contributed by atoms with E-state index in [4.69, 9.17) is 10.4 Å². The minimum absolute atomic E-state index is 0.286. The molecule has 2 N–H and O–H groups in total. The zero-order valence-corrected chi connectivity index (χ0v) is 5.99. The van der Waals surface area contributed by atoms with Gasteiger partial charge in [-0.25, -0.2) is 4.89 Å². The van der Waals surface area contributed by atoms with Gasteiger partial charge in [0.1, 0.15) is 0 Å². The Morgan fingerprint density at radius 3 is 2.80 bits per heavy atom. The molecule has 0 radical (unpaired) electrons. The van der Waals surface area contributed by atoms with E-state index < -0.39 is 0 Å². The minimum Gasteiger partial charge on any atom is -0.393 e. The molecule has 0 aromatic heterocycles. The molecule has 0 spiro atoms. The van der Waals surface area contributed by atoms with Crippen molar-refractivity contribution in [2.24, 2.45) is 0 Å². The maximum atomic E-state index is 9.07. The first-order valence-corrected chi connectivity index (χ1v) is 3.36. The molecule has 1 unspecified atom stereocenters. The molecular formula is C7H14O3. The Bertz CT molecular complexity index is 82.9. The van der Waals surface area contributed by atoms with E-state index in [9.17, 15) is 0 Å². The highest BCUT2D eigenvalue weighted by molar-refractivity contribution is 4.71. The monoisotopic (exact) mass is 146 g/mol. The van der Waals surface area contributed by atoms with Crippen LogP contribution in [0.2, 0.25) is 0 Å². The Kier molecular flexibility index (Phi) is 6.48. The van der Waals surface area contributed by atoms with Gasteiger partial charge >= 0.3 is 0 Å². The van der Waals surface area contributed by atoms with Crippen molar-refractivity contribution in [3.8, 4) is 0 Å². The van der Waals surface area contributed by atoms with E-state index in [2.05, 4.69) is 11.5 Å². The van der Waals surface area contributed by atoms with E-state index in [0.717, 1.165) is 0 Å². The fourth-order valence-corrected chi connectivity index (χ4v) is 0.694. The summed E-state index contributed by atoms with van der Waals surface area (Å²) in [6.45, 7) is 3.77. The Labute approximate surface area is 60.9 Å². The molecule has 0 aliphatic heterocycles. The fraction of sp³-hybridized carbons (Fsp3) is 0.714. The number of hydrogen-bond donors (Lipinski definition) is 2.